The molecule has 0 spiro atoms. The van der Waals surface area contributed by atoms with E-state index in [2.05, 4.69) is 11.7 Å². The zero-order chi connectivity index (χ0) is 11.7. The standard InChI is InChI=1S/C8H16.C5H10O2/c1-2-5-8-6-3-4-7-8;1-5(2,3)7-4-6/h8H,2-7H2,1H3;4H,1-3H3. The van der Waals surface area contributed by atoms with Gasteiger partial charge in [-0.05, 0) is 26.7 Å². The SMILES string of the molecule is CC(C)(C)OC=O.CCCC1CCCC1. The fourth-order valence-electron chi connectivity index (χ4n) is 1.85. The van der Waals surface area contributed by atoms with E-state index in [0.717, 1.165) is 5.92 Å². The number of ether oxygens (including phenoxy) is 1. The topological polar surface area (TPSA) is 26.3 Å². The predicted molar refractivity (Wildman–Crippen MR) is 63.8 cm³/mol. The Morgan fingerprint density at radius 3 is 2.07 bits per heavy atom. The van der Waals surface area contributed by atoms with Crippen molar-refractivity contribution < 1.29 is 9.53 Å². The van der Waals surface area contributed by atoms with E-state index in [4.69, 9.17) is 0 Å². The molecule has 1 rings (SSSR count). The molecule has 1 aliphatic rings. The number of rotatable bonds is 3. The highest BCUT2D eigenvalue weighted by Gasteiger charge is 2.12. The molecule has 0 amide bonds. The van der Waals surface area contributed by atoms with E-state index in [9.17, 15) is 4.79 Å². The lowest BCUT2D eigenvalue weighted by atomic mass is 10.0. The van der Waals surface area contributed by atoms with Crippen LogP contribution < -0.4 is 0 Å². The van der Waals surface area contributed by atoms with Crippen LogP contribution in [0.2, 0.25) is 0 Å². The highest BCUT2D eigenvalue weighted by molar-refractivity contribution is 5.37. The summed E-state index contributed by atoms with van der Waals surface area (Å²) in [5, 5.41) is 0. The minimum absolute atomic E-state index is 0.318. The van der Waals surface area contributed by atoms with Gasteiger partial charge in [-0.25, -0.2) is 0 Å². The third-order valence-corrected chi connectivity index (χ3v) is 2.57. The number of carbonyl (C=O) groups is 1. The summed E-state index contributed by atoms with van der Waals surface area (Å²) in [5.74, 6) is 1.11. The molecule has 0 aliphatic heterocycles. The Morgan fingerprint density at radius 2 is 1.80 bits per heavy atom. The molecule has 0 radical (unpaired) electrons. The smallest absolute Gasteiger partial charge is 0.293 e. The summed E-state index contributed by atoms with van der Waals surface area (Å²) < 4.78 is 4.55. The number of hydrogen-bond acceptors (Lipinski definition) is 2. The maximum Gasteiger partial charge on any atom is 0.293 e. The van der Waals surface area contributed by atoms with Crippen molar-refractivity contribution in [3.8, 4) is 0 Å². The second kappa shape index (κ2) is 7.72. The Hall–Kier alpha value is -0.530. The van der Waals surface area contributed by atoms with Gasteiger partial charge in [0.1, 0.15) is 5.60 Å². The quantitative estimate of drug-likeness (QED) is 0.665. The van der Waals surface area contributed by atoms with E-state index in [0.29, 0.717) is 6.47 Å². The molecule has 0 atom stereocenters. The molecule has 0 saturated heterocycles. The van der Waals surface area contributed by atoms with Crippen molar-refractivity contribution in [1.29, 1.82) is 0 Å². The lowest BCUT2D eigenvalue weighted by molar-refractivity contribution is -0.138. The second-order valence-corrected chi connectivity index (χ2v) is 5.27. The summed E-state index contributed by atoms with van der Waals surface area (Å²) >= 11 is 0. The van der Waals surface area contributed by atoms with Crippen molar-refractivity contribution in [3.05, 3.63) is 0 Å². The predicted octanol–water partition coefficient (Wildman–Crippen LogP) is 3.93. The summed E-state index contributed by atoms with van der Waals surface area (Å²) in [6.45, 7) is 8.21. The van der Waals surface area contributed by atoms with Crippen molar-refractivity contribution in [2.24, 2.45) is 5.92 Å². The average molecular weight is 214 g/mol. The molecule has 1 saturated carbocycles. The highest BCUT2D eigenvalue weighted by Crippen LogP contribution is 2.27. The van der Waals surface area contributed by atoms with Gasteiger partial charge < -0.3 is 4.74 Å². The van der Waals surface area contributed by atoms with Crippen LogP contribution >= 0.6 is 0 Å². The lowest BCUT2D eigenvalue weighted by Crippen LogP contribution is -2.17. The van der Waals surface area contributed by atoms with Crippen LogP contribution in [0.4, 0.5) is 0 Å². The van der Waals surface area contributed by atoms with Gasteiger partial charge in [0.25, 0.3) is 6.47 Å². The van der Waals surface area contributed by atoms with Crippen molar-refractivity contribution in [3.63, 3.8) is 0 Å². The van der Waals surface area contributed by atoms with Gasteiger partial charge in [-0.3, -0.25) is 4.79 Å². The molecule has 15 heavy (non-hydrogen) atoms. The molecule has 0 N–H and O–H groups in total. The number of hydrogen-bond donors (Lipinski definition) is 0. The van der Waals surface area contributed by atoms with Gasteiger partial charge in [-0.15, -0.1) is 0 Å². The Balaban J connectivity index is 0.000000265. The van der Waals surface area contributed by atoms with Crippen LogP contribution in [0.25, 0.3) is 0 Å². The first-order chi connectivity index (χ1) is 6.99. The van der Waals surface area contributed by atoms with E-state index in [1.54, 1.807) is 0 Å². The Kier molecular flexibility index (Phi) is 7.45. The van der Waals surface area contributed by atoms with Crippen LogP contribution in [0.1, 0.15) is 66.2 Å². The molecular formula is C13H26O2. The van der Waals surface area contributed by atoms with Gasteiger partial charge >= 0.3 is 0 Å². The van der Waals surface area contributed by atoms with Crippen LogP contribution in [0, 0.1) is 5.92 Å². The molecule has 0 aromatic heterocycles. The molecule has 2 heteroatoms. The third kappa shape index (κ3) is 9.77. The molecule has 0 aromatic carbocycles. The van der Waals surface area contributed by atoms with E-state index in [1.807, 2.05) is 20.8 Å². The summed E-state index contributed by atoms with van der Waals surface area (Å²) in [6.07, 6.45) is 8.93. The zero-order valence-corrected chi connectivity index (χ0v) is 10.7. The molecule has 1 aliphatic carbocycles. The molecule has 0 bridgehead atoms. The van der Waals surface area contributed by atoms with E-state index < -0.39 is 0 Å². The zero-order valence-electron chi connectivity index (χ0n) is 10.7. The number of carbonyl (C=O) groups excluding carboxylic acids is 1. The van der Waals surface area contributed by atoms with Crippen LogP contribution in [-0.2, 0) is 9.53 Å². The first-order valence-corrected chi connectivity index (χ1v) is 6.11. The summed E-state index contributed by atoms with van der Waals surface area (Å²) in [4.78, 5) is 9.60. The van der Waals surface area contributed by atoms with Crippen LogP contribution in [-0.4, -0.2) is 12.1 Å². The van der Waals surface area contributed by atoms with Gasteiger partial charge in [0.2, 0.25) is 0 Å². The van der Waals surface area contributed by atoms with Crippen LogP contribution in [0.5, 0.6) is 0 Å². The molecule has 0 aromatic rings. The van der Waals surface area contributed by atoms with E-state index in [-0.39, 0.29) is 5.60 Å². The first kappa shape index (κ1) is 14.5. The van der Waals surface area contributed by atoms with Gasteiger partial charge in [0, 0.05) is 0 Å². The monoisotopic (exact) mass is 214 g/mol. The minimum atomic E-state index is -0.318. The minimum Gasteiger partial charge on any atom is -0.462 e. The fraction of sp³-hybridized carbons (Fsp3) is 0.923. The molecule has 0 unspecified atom stereocenters. The maximum absolute atomic E-state index is 9.60. The van der Waals surface area contributed by atoms with E-state index in [1.165, 1.54) is 38.5 Å². The molecule has 90 valence electrons. The van der Waals surface area contributed by atoms with E-state index >= 15 is 0 Å². The van der Waals surface area contributed by atoms with Crippen molar-refractivity contribution >= 4 is 6.47 Å². The van der Waals surface area contributed by atoms with Gasteiger partial charge in [0.05, 0.1) is 0 Å². The summed E-state index contributed by atoms with van der Waals surface area (Å²) in [5.41, 5.74) is -0.318. The summed E-state index contributed by atoms with van der Waals surface area (Å²) in [7, 11) is 0. The highest BCUT2D eigenvalue weighted by atomic mass is 16.5. The third-order valence-electron chi connectivity index (χ3n) is 2.57. The first-order valence-electron chi connectivity index (χ1n) is 6.11. The lowest BCUT2D eigenvalue weighted by Gasteiger charge is -2.14. The normalized spacial score (nSPS) is 16.8. The molecule has 2 nitrogen and oxygen atoms in total. The van der Waals surface area contributed by atoms with Crippen LogP contribution in [0.3, 0.4) is 0 Å². The Labute approximate surface area is 94.4 Å². The van der Waals surface area contributed by atoms with Crippen molar-refractivity contribution in [2.75, 3.05) is 0 Å². The molecule has 1 fully saturated rings. The average Bonchev–Trinajstić information content (AvgIpc) is 2.56. The maximum atomic E-state index is 9.60. The van der Waals surface area contributed by atoms with Gasteiger partial charge in [-0.2, -0.15) is 0 Å². The molecule has 0 heterocycles. The molecular weight excluding hydrogens is 188 g/mol. The van der Waals surface area contributed by atoms with Gasteiger partial charge in [-0.1, -0.05) is 45.4 Å². The Morgan fingerprint density at radius 1 is 1.27 bits per heavy atom. The van der Waals surface area contributed by atoms with Crippen molar-refractivity contribution in [1.82, 2.24) is 0 Å². The summed E-state index contributed by atoms with van der Waals surface area (Å²) in [6, 6.07) is 0. The van der Waals surface area contributed by atoms with Crippen molar-refractivity contribution in [2.45, 2.75) is 71.8 Å². The fourth-order valence-corrected chi connectivity index (χ4v) is 1.85. The van der Waals surface area contributed by atoms with Crippen LogP contribution in [0.15, 0.2) is 0 Å². The largest absolute Gasteiger partial charge is 0.462 e. The Bertz CT molecular complexity index is 152. The second-order valence-electron chi connectivity index (χ2n) is 5.27. The van der Waals surface area contributed by atoms with Gasteiger partial charge in [0.15, 0.2) is 0 Å².